The number of piperazine rings is 1. The Balaban J connectivity index is 1.53. The van der Waals surface area contributed by atoms with Gasteiger partial charge in [0, 0.05) is 50.8 Å². The number of carbonyl (C=O) groups is 1. The number of piperidine rings is 1. The van der Waals surface area contributed by atoms with E-state index in [9.17, 15) is 13.2 Å². The summed E-state index contributed by atoms with van der Waals surface area (Å²) in [5, 5.41) is 0.772. The molecule has 0 bridgehead atoms. The molecular formula is C18H26ClN3O3S. The van der Waals surface area contributed by atoms with Crippen LogP contribution in [0.2, 0.25) is 5.02 Å². The highest BCUT2D eigenvalue weighted by Crippen LogP contribution is 2.22. The number of benzene rings is 1. The maximum atomic E-state index is 12.8. The van der Waals surface area contributed by atoms with Gasteiger partial charge in [-0.3, -0.25) is 9.69 Å². The number of nitrogens with zero attached hydrogens (tertiary/aromatic N) is 3. The van der Waals surface area contributed by atoms with E-state index in [1.54, 1.807) is 0 Å². The highest BCUT2D eigenvalue weighted by atomic mass is 35.5. The minimum atomic E-state index is -3.23. The molecule has 144 valence electrons. The van der Waals surface area contributed by atoms with Gasteiger partial charge >= 0.3 is 0 Å². The molecule has 0 spiro atoms. The quantitative estimate of drug-likeness (QED) is 0.772. The molecule has 1 aromatic rings. The number of rotatable bonds is 4. The first-order valence-electron chi connectivity index (χ1n) is 9.04. The summed E-state index contributed by atoms with van der Waals surface area (Å²) < 4.78 is 25.0. The smallest absolute Gasteiger partial charge is 0.227 e. The topological polar surface area (TPSA) is 60.9 Å². The van der Waals surface area contributed by atoms with Crippen LogP contribution in [-0.2, 0) is 21.4 Å². The van der Waals surface area contributed by atoms with Crippen molar-refractivity contribution >= 4 is 27.5 Å². The van der Waals surface area contributed by atoms with Gasteiger partial charge in [-0.05, 0) is 24.5 Å². The van der Waals surface area contributed by atoms with Gasteiger partial charge in [-0.15, -0.1) is 0 Å². The SMILES string of the molecule is CS(=O)(=O)N1CCC[C@H](C(=O)N2CCN(Cc3ccccc3Cl)CC2)C1. The third kappa shape index (κ3) is 4.76. The lowest BCUT2D eigenvalue weighted by atomic mass is 9.97. The van der Waals surface area contributed by atoms with Gasteiger partial charge in [-0.2, -0.15) is 0 Å². The Bertz CT molecular complexity index is 748. The lowest BCUT2D eigenvalue weighted by Gasteiger charge is -2.38. The largest absolute Gasteiger partial charge is 0.340 e. The van der Waals surface area contributed by atoms with Gasteiger partial charge < -0.3 is 4.90 Å². The lowest BCUT2D eigenvalue weighted by Crippen LogP contribution is -2.52. The van der Waals surface area contributed by atoms with Crippen molar-refractivity contribution in [2.45, 2.75) is 19.4 Å². The van der Waals surface area contributed by atoms with Crippen molar-refractivity contribution in [3.05, 3.63) is 34.9 Å². The summed E-state index contributed by atoms with van der Waals surface area (Å²) in [7, 11) is -3.23. The van der Waals surface area contributed by atoms with Crippen molar-refractivity contribution in [1.82, 2.24) is 14.1 Å². The molecular weight excluding hydrogens is 374 g/mol. The zero-order valence-electron chi connectivity index (χ0n) is 15.1. The molecule has 3 rings (SSSR count). The maximum absolute atomic E-state index is 12.8. The molecule has 2 fully saturated rings. The average molecular weight is 400 g/mol. The van der Waals surface area contributed by atoms with Crippen LogP contribution in [0.15, 0.2) is 24.3 Å². The maximum Gasteiger partial charge on any atom is 0.227 e. The summed E-state index contributed by atoms with van der Waals surface area (Å²) in [4.78, 5) is 17.0. The average Bonchev–Trinajstić information content (AvgIpc) is 2.63. The van der Waals surface area contributed by atoms with Crippen molar-refractivity contribution in [2.75, 3.05) is 45.5 Å². The summed E-state index contributed by atoms with van der Waals surface area (Å²) in [6.45, 7) is 4.59. The van der Waals surface area contributed by atoms with Crippen LogP contribution in [0, 0.1) is 5.92 Å². The van der Waals surface area contributed by atoms with E-state index in [2.05, 4.69) is 4.90 Å². The molecule has 1 aromatic carbocycles. The Kier molecular flexibility index (Phi) is 6.22. The van der Waals surface area contributed by atoms with Gasteiger partial charge in [0.2, 0.25) is 15.9 Å². The lowest BCUT2D eigenvalue weighted by molar-refractivity contribution is -0.138. The second-order valence-electron chi connectivity index (χ2n) is 7.15. The summed E-state index contributed by atoms with van der Waals surface area (Å²) in [5.74, 6) is -0.121. The molecule has 0 N–H and O–H groups in total. The van der Waals surface area contributed by atoms with E-state index >= 15 is 0 Å². The fraction of sp³-hybridized carbons (Fsp3) is 0.611. The Hall–Kier alpha value is -1.15. The second kappa shape index (κ2) is 8.25. The molecule has 2 saturated heterocycles. The molecule has 2 heterocycles. The molecule has 1 atom stereocenters. The van der Waals surface area contributed by atoms with Crippen molar-refractivity contribution < 1.29 is 13.2 Å². The zero-order chi connectivity index (χ0) is 18.7. The normalized spacial score (nSPS) is 23.2. The summed E-state index contributed by atoms with van der Waals surface area (Å²) >= 11 is 6.23. The van der Waals surface area contributed by atoms with Gasteiger partial charge in [-0.1, -0.05) is 29.8 Å². The van der Waals surface area contributed by atoms with Gasteiger partial charge in [0.25, 0.3) is 0 Å². The Morgan fingerprint density at radius 3 is 2.50 bits per heavy atom. The van der Waals surface area contributed by atoms with E-state index in [1.807, 2.05) is 29.2 Å². The monoisotopic (exact) mass is 399 g/mol. The van der Waals surface area contributed by atoms with Crippen LogP contribution in [-0.4, -0.2) is 74.0 Å². The van der Waals surface area contributed by atoms with E-state index in [-0.39, 0.29) is 11.8 Å². The minimum absolute atomic E-state index is 0.0933. The number of hydrogen-bond donors (Lipinski definition) is 0. The third-order valence-electron chi connectivity index (χ3n) is 5.24. The van der Waals surface area contributed by atoms with Crippen LogP contribution >= 0.6 is 11.6 Å². The number of carbonyl (C=O) groups excluding carboxylic acids is 1. The molecule has 0 aliphatic carbocycles. The second-order valence-corrected chi connectivity index (χ2v) is 9.54. The number of amides is 1. The van der Waals surface area contributed by atoms with Gasteiger partial charge in [0.1, 0.15) is 0 Å². The molecule has 0 radical (unpaired) electrons. The molecule has 1 amide bonds. The minimum Gasteiger partial charge on any atom is -0.340 e. The Labute approximate surface area is 160 Å². The van der Waals surface area contributed by atoms with Crippen molar-refractivity contribution in [2.24, 2.45) is 5.92 Å². The highest BCUT2D eigenvalue weighted by Gasteiger charge is 2.33. The molecule has 8 heteroatoms. The fourth-order valence-corrected chi connectivity index (χ4v) is 4.80. The molecule has 26 heavy (non-hydrogen) atoms. The van der Waals surface area contributed by atoms with Crippen LogP contribution < -0.4 is 0 Å². The molecule has 6 nitrogen and oxygen atoms in total. The standard InChI is InChI=1S/C18H26ClN3O3S/c1-26(24,25)22-8-4-6-16(14-22)18(23)21-11-9-20(10-12-21)13-15-5-2-3-7-17(15)19/h2-3,5,7,16H,4,6,8-14H2,1H3/t16-/m0/s1. The van der Waals surface area contributed by atoms with Gasteiger partial charge in [0.15, 0.2) is 0 Å². The molecule has 0 aromatic heterocycles. The van der Waals surface area contributed by atoms with E-state index in [1.165, 1.54) is 10.6 Å². The molecule has 0 saturated carbocycles. The van der Waals surface area contributed by atoms with Crippen LogP contribution in [0.4, 0.5) is 0 Å². The zero-order valence-corrected chi connectivity index (χ0v) is 16.7. The fourth-order valence-electron chi connectivity index (χ4n) is 3.70. The van der Waals surface area contributed by atoms with Crippen LogP contribution in [0.3, 0.4) is 0 Å². The Morgan fingerprint density at radius 2 is 1.85 bits per heavy atom. The van der Waals surface area contributed by atoms with E-state index in [4.69, 9.17) is 11.6 Å². The van der Waals surface area contributed by atoms with Crippen molar-refractivity contribution in [3.8, 4) is 0 Å². The first-order chi connectivity index (χ1) is 12.3. The summed E-state index contributed by atoms with van der Waals surface area (Å²) in [6, 6.07) is 7.83. The third-order valence-corrected chi connectivity index (χ3v) is 6.88. The summed E-state index contributed by atoms with van der Waals surface area (Å²) in [5.41, 5.74) is 1.10. The van der Waals surface area contributed by atoms with Crippen molar-refractivity contribution in [3.63, 3.8) is 0 Å². The van der Waals surface area contributed by atoms with Crippen LogP contribution in [0.25, 0.3) is 0 Å². The number of halogens is 1. The van der Waals surface area contributed by atoms with E-state index < -0.39 is 10.0 Å². The van der Waals surface area contributed by atoms with Crippen LogP contribution in [0.5, 0.6) is 0 Å². The van der Waals surface area contributed by atoms with Crippen LogP contribution in [0.1, 0.15) is 18.4 Å². The summed E-state index contributed by atoms with van der Waals surface area (Å²) in [6.07, 6.45) is 2.73. The highest BCUT2D eigenvalue weighted by molar-refractivity contribution is 7.88. The molecule has 2 aliphatic rings. The number of hydrogen-bond acceptors (Lipinski definition) is 4. The first-order valence-corrected chi connectivity index (χ1v) is 11.3. The molecule has 2 aliphatic heterocycles. The van der Waals surface area contributed by atoms with E-state index in [0.717, 1.165) is 43.1 Å². The molecule has 0 unspecified atom stereocenters. The predicted molar refractivity (Wildman–Crippen MR) is 102 cm³/mol. The predicted octanol–water partition coefficient (Wildman–Crippen LogP) is 1.66. The van der Waals surface area contributed by atoms with Gasteiger partial charge in [-0.25, -0.2) is 12.7 Å². The Morgan fingerprint density at radius 1 is 1.15 bits per heavy atom. The number of sulfonamides is 1. The first kappa shape index (κ1) is 19.6. The van der Waals surface area contributed by atoms with Gasteiger partial charge in [0.05, 0.1) is 12.2 Å². The van der Waals surface area contributed by atoms with E-state index in [0.29, 0.717) is 26.2 Å². The van der Waals surface area contributed by atoms with Crippen molar-refractivity contribution in [1.29, 1.82) is 0 Å².